The summed E-state index contributed by atoms with van der Waals surface area (Å²) in [5.41, 5.74) is 0. The van der Waals surface area contributed by atoms with Crippen molar-refractivity contribution in [3.05, 3.63) is 34.6 Å². The van der Waals surface area contributed by atoms with Crippen molar-refractivity contribution in [1.29, 1.82) is 0 Å². The van der Waals surface area contributed by atoms with Crippen molar-refractivity contribution in [1.82, 2.24) is 9.71 Å². The smallest absolute Gasteiger partial charge is 0.246 e. The molecule has 11 heteroatoms. The lowest BCUT2D eigenvalue weighted by Crippen LogP contribution is -2.53. The molecule has 0 aromatic carbocycles. The van der Waals surface area contributed by atoms with Crippen molar-refractivity contribution in [3.63, 3.8) is 0 Å². The molecule has 2 rings (SSSR count). The topological polar surface area (TPSA) is 152 Å². The van der Waals surface area contributed by atoms with Gasteiger partial charge in [0.15, 0.2) is 12.4 Å². The molecule has 1 fully saturated rings. The molecule has 0 saturated carbocycles. The molecule has 0 radical (unpaired) electrons. The monoisotopic (exact) mass is 333 g/mol. The van der Waals surface area contributed by atoms with Crippen LogP contribution in [0.25, 0.3) is 0 Å². The molecule has 0 spiro atoms. The summed E-state index contributed by atoms with van der Waals surface area (Å²) in [5.74, 6) is 0. The summed E-state index contributed by atoms with van der Waals surface area (Å²) in [6.45, 7) is -0.272. The van der Waals surface area contributed by atoms with E-state index in [2.05, 4.69) is 9.71 Å². The number of aliphatic hydroxyl groups excluding tert-OH is 2. The Kier molecular flexibility index (Phi) is 5.03. The van der Waals surface area contributed by atoms with Crippen LogP contribution in [-0.2, 0) is 14.8 Å². The lowest BCUT2D eigenvalue weighted by atomic mass is 10.0. The molecule has 2 unspecified atom stereocenters. The third-order valence-electron chi connectivity index (χ3n) is 3.24. The van der Waals surface area contributed by atoms with Crippen molar-refractivity contribution in [2.24, 2.45) is 0 Å². The number of hydrogen-bond acceptors (Lipinski definition) is 8. The molecule has 1 aliphatic heterocycles. The van der Waals surface area contributed by atoms with E-state index in [0.717, 1.165) is 6.20 Å². The number of rotatable bonds is 5. The molecule has 1 saturated heterocycles. The minimum absolute atomic E-state index is 0.0581. The van der Waals surface area contributed by atoms with E-state index in [0.29, 0.717) is 0 Å². The molecule has 0 aliphatic carbocycles. The van der Waals surface area contributed by atoms with E-state index in [1.165, 1.54) is 18.3 Å². The molecule has 1 aromatic rings. The highest BCUT2D eigenvalue weighted by Gasteiger charge is 2.44. The van der Waals surface area contributed by atoms with Crippen LogP contribution in [0.15, 0.2) is 29.4 Å². The first-order chi connectivity index (χ1) is 10.3. The number of nitro groups is 1. The van der Waals surface area contributed by atoms with Crippen LogP contribution in [0.1, 0.15) is 6.42 Å². The normalized spacial score (nSPS) is 29.2. The Balaban J connectivity index is 2.01. The number of pyridine rings is 1. The van der Waals surface area contributed by atoms with Crippen molar-refractivity contribution >= 4 is 10.0 Å². The van der Waals surface area contributed by atoms with E-state index in [-0.39, 0.29) is 17.9 Å². The average molecular weight is 333 g/mol. The molecule has 122 valence electrons. The molecule has 22 heavy (non-hydrogen) atoms. The standard InChI is InChI=1S/C11H15N3O7S/c15-10-9(14(17)18)4-7(21-11(10)16)5-13-22(19,20)8-2-1-3-12-6-8/h1-3,6-7,9-11,13,15-16H,4-5H2/t7-,9?,10?,11+/m0/s1. The number of hydrogen-bond donors (Lipinski definition) is 3. The van der Waals surface area contributed by atoms with Gasteiger partial charge >= 0.3 is 0 Å². The van der Waals surface area contributed by atoms with Gasteiger partial charge in [-0.15, -0.1) is 0 Å². The first-order valence-corrected chi connectivity index (χ1v) is 7.84. The Bertz CT molecular complexity index is 624. The van der Waals surface area contributed by atoms with Gasteiger partial charge in [-0.2, -0.15) is 0 Å². The van der Waals surface area contributed by atoms with Crippen LogP contribution in [0.5, 0.6) is 0 Å². The van der Waals surface area contributed by atoms with E-state index < -0.39 is 39.5 Å². The Labute approximate surface area is 126 Å². The number of aromatic nitrogens is 1. The maximum absolute atomic E-state index is 12.0. The number of nitrogens with zero attached hydrogens (tertiary/aromatic N) is 2. The van der Waals surface area contributed by atoms with Crippen molar-refractivity contribution < 1.29 is 28.3 Å². The Morgan fingerprint density at radius 2 is 2.23 bits per heavy atom. The number of ether oxygens (including phenoxy) is 1. The average Bonchev–Trinajstić information content (AvgIpc) is 2.49. The highest BCUT2D eigenvalue weighted by molar-refractivity contribution is 7.89. The second-order valence-corrected chi connectivity index (χ2v) is 6.54. The highest BCUT2D eigenvalue weighted by atomic mass is 32.2. The summed E-state index contributed by atoms with van der Waals surface area (Å²) >= 11 is 0. The fourth-order valence-electron chi connectivity index (χ4n) is 2.07. The van der Waals surface area contributed by atoms with Gasteiger partial charge in [0, 0.05) is 30.3 Å². The maximum atomic E-state index is 12.0. The van der Waals surface area contributed by atoms with Crippen LogP contribution < -0.4 is 4.72 Å². The van der Waals surface area contributed by atoms with Gasteiger partial charge in [-0.25, -0.2) is 13.1 Å². The third-order valence-corrected chi connectivity index (χ3v) is 4.65. The zero-order valence-electron chi connectivity index (χ0n) is 11.3. The summed E-state index contributed by atoms with van der Waals surface area (Å²) in [4.78, 5) is 13.7. The number of sulfonamides is 1. The minimum atomic E-state index is -3.83. The van der Waals surface area contributed by atoms with Crippen LogP contribution in [0.3, 0.4) is 0 Å². The summed E-state index contributed by atoms with van der Waals surface area (Å²) in [6.07, 6.45) is -1.97. The second-order valence-electron chi connectivity index (χ2n) is 4.77. The summed E-state index contributed by atoms with van der Waals surface area (Å²) in [5, 5.41) is 29.7. The largest absolute Gasteiger partial charge is 0.381 e. The molecule has 1 aromatic heterocycles. The van der Waals surface area contributed by atoms with Crippen LogP contribution in [0.4, 0.5) is 0 Å². The fraction of sp³-hybridized carbons (Fsp3) is 0.545. The zero-order chi connectivity index (χ0) is 16.3. The SMILES string of the molecule is O=[N+]([O-])C1C[C@@H](CNS(=O)(=O)c2cccnc2)O[C@@H](O)C1O. The molecule has 10 nitrogen and oxygen atoms in total. The minimum Gasteiger partial charge on any atom is -0.381 e. The first kappa shape index (κ1) is 16.7. The van der Waals surface area contributed by atoms with Crippen molar-refractivity contribution in [3.8, 4) is 0 Å². The maximum Gasteiger partial charge on any atom is 0.246 e. The lowest BCUT2D eigenvalue weighted by molar-refractivity contribution is -0.550. The first-order valence-electron chi connectivity index (χ1n) is 6.36. The van der Waals surface area contributed by atoms with Crippen LogP contribution in [0.2, 0.25) is 0 Å². The highest BCUT2D eigenvalue weighted by Crippen LogP contribution is 2.21. The van der Waals surface area contributed by atoms with E-state index >= 15 is 0 Å². The molecule has 3 N–H and O–H groups in total. The molecular formula is C11H15N3O7S. The van der Waals surface area contributed by atoms with Gasteiger partial charge in [-0.05, 0) is 12.1 Å². The summed E-state index contributed by atoms with van der Waals surface area (Å²) in [7, 11) is -3.83. The summed E-state index contributed by atoms with van der Waals surface area (Å²) in [6, 6.07) is 1.38. The van der Waals surface area contributed by atoms with Gasteiger partial charge in [-0.1, -0.05) is 0 Å². The summed E-state index contributed by atoms with van der Waals surface area (Å²) < 4.78 is 31.2. The quantitative estimate of drug-likeness (QED) is 0.433. The van der Waals surface area contributed by atoms with Gasteiger partial charge in [0.25, 0.3) is 0 Å². The second kappa shape index (κ2) is 6.62. The van der Waals surface area contributed by atoms with Gasteiger partial charge in [0.05, 0.1) is 6.10 Å². The fourth-order valence-corrected chi connectivity index (χ4v) is 3.10. The lowest BCUT2D eigenvalue weighted by Gasteiger charge is -2.32. The predicted molar refractivity (Wildman–Crippen MR) is 71.7 cm³/mol. The van der Waals surface area contributed by atoms with Gasteiger partial charge in [0.1, 0.15) is 4.90 Å². The molecule has 4 atom stereocenters. The predicted octanol–water partition coefficient (Wildman–Crippen LogP) is -1.53. The Hall–Kier alpha value is -1.66. The Morgan fingerprint density at radius 1 is 1.50 bits per heavy atom. The van der Waals surface area contributed by atoms with Crippen LogP contribution in [0, 0.1) is 10.1 Å². The molecule has 1 aliphatic rings. The van der Waals surface area contributed by atoms with E-state index in [4.69, 9.17) is 4.74 Å². The molecular weight excluding hydrogens is 318 g/mol. The van der Waals surface area contributed by atoms with Crippen molar-refractivity contribution in [2.45, 2.75) is 35.9 Å². The third kappa shape index (κ3) is 3.75. The van der Waals surface area contributed by atoms with Gasteiger partial charge in [0.2, 0.25) is 16.1 Å². The van der Waals surface area contributed by atoms with E-state index in [1.807, 2.05) is 0 Å². The van der Waals surface area contributed by atoms with Crippen LogP contribution in [-0.4, -0.2) is 59.6 Å². The Morgan fingerprint density at radius 3 is 2.82 bits per heavy atom. The van der Waals surface area contributed by atoms with E-state index in [9.17, 15) is 28.7 Å². The molecule has 0 amide bonds. The number of nitrogens with one attached hydrogen (secondary N) is 1. The van der Waals surface area contributed by atoms with Crippen LogP contribution >= 0.6 is 0 Å². The van der Waals surface area contributed by atoms with Gasteiger partial charge < -0.3 is 14.9 Å². The molecule has 2 heterocycles. The zero-order valence-corrected chi connectivity index (χ0v) is 12.1. The van der Waals surface area contributed by atoms with E-state index in [1.54, 1.807) is 0 Å². The molecule has 0 bridgehead atoms. The van der Waals surface area contributed by atoms with Crippen molar-refractivity contribution in [2.75, 3.05) is 6.54 Å². The van der Waals surface area contributed by atoms with Gasteiger partial charge in [-0.3, -0.25) is 15.1 Å². The number of aliphatic hydroxyl groups is 2.